The van der Waals surface area contributed by atoms with E-state index >= 15 is 0 Å². The molecule has 0 radical (unpaired) electrons. The summed E-state index contributed by atoms with van der Waals surface area (Å²) in [7, 11) is 0. The number of hydrogen-bond acceptors (Lipinski definition) is 3. The summed E-state index contributed by atoms with van der Waals surface area (Å²) < 4.78 is 3.56. The van der Waals surface area contributed by atoms with Gasteiger partial charge in [-0.2, -0.15) is 0 Å². The van der Waals surface area contributed by atoms with Crippen LogP contribution in [-0.4, -0.2) is 36.0 Å². The first kappa shape index (κ1) is 9.27. The number of hydrogen-bond donors (Lipinski definition) is 1. The molecular formula is CH3NaO2S. The Morgan fingerprint density at radius 1 is 1.80 bits per heavy atom. The molecule has 0 saturated carbocycles. The Hall–Kier alpha value is 0.820. The minimum absolute atomic E-state index is 0. The fraction of sp³-hybridized carbons (Fsp3) is 0. The van der Waals surface area contributed by atoms with Gasteiger partial charge in [0.1, 0.15) is 0 Å². The topological polar surface area (TPSA) is 26.3 Å². The van der Waals surface area contributed by atoms with E-state index in [1.807, 2.05) is 0 Å². The molecule has 0 amide bonds. The van der Waals surface area contributed by atoms with Gasteiger partial charge in [-0.05, 0) is 0 Å². The average molecular weight is 102 g/mol. The van der Waals surface area contributed by atoms with Crippen LogP contribution < -0.4 is 0 Å². The molecule has 0 atom stereocenters. The van der Waals surface area contributed by atoms with Crippen molar-refractivity contribution in [3.05, 3.63) is 0 Å². The molecule has 0 unspecified atom stereocenters. The first-order valence-corrected chi connectivity index (χ1v) is 1.02. The first-order valence-electron chi connectivity index (χ1n) is 0.654. The molecule has 0 aromatic heterocycles. The van der Waals surface area contributed by atoms with Crippen LogP contribution in [0.3, 0.4) is 0 Å². The molecule has 4 heteroatoms. The van der Waals surface area contributed by atoms with E-state index in [4.69, 9.17) is 4.79 Å². The van der Waals surface area contributed by atoms with Crippen LogP contribution in [0.2, 0.25) is 0 Å². The third-order valence-electron chi connectivity index (χ3n) is 0.0430. The van der Waals surface area contributed by atoms with Crippen LogP contribution in [0.15, 0.2) is 0 Å². The summed E-state index contributed by atoms with van der Waals surface area (Å²) in [4.78, 5) is 8.88. The number of thiol groups is 1. The summed E-state index contributed by atoms with van der Waals surface area (Å²) in [6, 6.07) is 0. The van der Waals surface area contributed by atoms with Gasteiger partial charge >= 0.3 is 36.0 Å². The molecule has 2 nitrogen and oxygen atoms in total. The van der Waals surface area contributed by atoms with Gasteiger partial charge in [-0.15, -0.1) is 0 Å². The molecule has 0 heterocycles. The number of carbonyl (C=O) groups is 1. The quantitative estimate of drug-likeness (QED) is 0.206. The normalized spacial score (nSPS) is 4.20. The summed E-state index contributed by atoms with van der Waals surface area (Å²) in [5, 5.41) is 0. The van der Waals surface area contributed by atoms with Crippen LogP contribution >= 0.6 is 12.9 Å². The molecule has 0 aliphatic carbocycles. The summed E-state index contributed by atoms with van der Waals surface area (Å²) in [6.07, 6.45) is 0. The summed E-state index contributed by atoms with van der Waals surface area (Å²) in [5.74, 6) is 0. The second-order valence-corrected chi connectivity index (χ2v) is 0.412. The van der Waals surface area contributed by atoms with E-state index in [-0.39, 0.29) is 36.0 Å². The van der Waals surface area contributed by atoms with E-state index in [2.05, 4.69) is 17.1 Å². The van der Waals surface area contributed by atoms with Gasteiger partial charge in [0.05, 0.1) is 0 Å². The van der Waals surface area contributed by atoms with Crippen LogP contribution in [0.4, 0.5) is 0 Å². The van der Waals surface area contributed by atoms with Crippen molar-refractivity contribution in [3.8, 4) is 0 Å². The molecule has 0 aromatic rings. The zero-order chi connectivity index (χ0) is 3.41. The van der Waals surface area contributed by atoms with Crippen molar-refractivity contribution < 1.29 is 8.98 Å². The van der Waals surface area contributed by atoms with Crippen molar-refractivity contribution in [2.75, 3.05) is 0 Å². The van der Waals surface area contributed by atoms with Crippen LogP contribution in [0, 0.1) is 0 Å². The monoisotopic (exact) mass is 102 g/mol. The van der Waals surface area contributed by atoms with E-state index in [1.165, 1.54) is 0 Å². The molecule has 0 saturated heterocycles. The van der Waals surface area contributed by atoms with Gasteiger partial charge in [0.25, 0.3) is 0 Å². The summed E-state index contributed by atoms with van der Waals surface area (Å²) in [5.41, 5.74) is 0. The fourth-order valence-corrected chi connectivity index (χ4v) is 0. The van der Waals surface area contributed by atoms with Gasteiger partial charge in [0.15, 0.2) is 0 Å². The molecule has 0 rings (SSSR count). The SMILES string of the molecule is O=COS.[NaH]. The van der Waals surface area contributed by atoms with Gasteiger partial charge in [-0.25, -0.2) is 0 Å². The number of carbonyl (C=O) groups excluding carboxylic acids is 1. The van der Waals surface area contributed by atoms with E-state index in [0.717, 1.165) is 0 Å². The van der Waals surface area contributed by atoms with Crippen molar-refractivity contribution in [1.29, 1.82) is 0 Å². The second kappa shape index (κ2) is 8.84. The number of rotatable bonds is 1. The van der Waals surface area contributed by atoms with Crippen LogP contribution in [-0.2, 0) is 8.98 Å². The van der Waals surface area contributed by atoms with Crippen LogP contribution in [0.1, 0.15) is 0 Å². The Morgan fingerprint density at radius 2 is 2.00 bits per heavy atom. The van der Waals surface area contributed by atoms with Crippen molar-refractivity contribution >= 4 is 48.9 Å². The van der Waals surface area contributed by atoms with E-state index in [9.17, 15) is 0 Å². The van der Waals surface area contributed by atoms with Crippen molar-refractivity contribution in [3.63, 3.8) is 0 Å². The zero-order valence-corrected chi connectivity index (χ0v) is 2.74. The molecule has 0 aliphatic rings. The Bertz CT molecular complexity index is 23.6. The van der Waals surface area contributed by atoms with Gasteiger partial charge in [0, 0.05) is 12.9 Å². The second-order valence-electron chi connectivity index (χ2n) is 0.202. The molecule has 0 N–H and O–H groups in total. The molecule has 0 fully saturated rings. The molecule has 5 heavy (non-hydrogen) atoms. The predicted molar refractivity (Wildman–Crippen MR) is 23.3 cm³/mol. The van der Waals surface area contributed by atoms with Crippen LogP contribution in [0.5, 0.6) is 0 Å². The van der Waals surface area contributed by atoms with E-state index in [0.29, 0.717) is 0 Å². The Balaban J connectivity index is 0. The predicted octanol–water partition coefficient (Wildman–Crippen LogP) is -0.644. The van der Waals surface area contributed by atoms with E-state index in [1.54, 1.807) is 0 Å². The van der Waals surface area contributed by atoms with E-state index < -0.39 is 0 Å². The molecule has 26 valence electrons. The van der Waals surface area contributed by atoms with Gasteiger partial charge in [-0.1, -0.05) is 0 Å². The van der Waals surface area contributed by atoms with Gasteiger partial charge in [0.2, 0.25) is 0 Å². The van der Waals surface area contributed by atoms with Gasteiger partial charge < -0.3 is 4.18 Å². The Morgan fingerprint density at radius 3 is 2.00 bits per heavy atom. The molecule has 0 spiro atoms. The van der Waals surface area contributed by atoms with Crippen molar-refractivity contribution in [2.45, 2.75) is 0 Å². The Kier molecular flexibility index (Phi) is 16.4. The summed E-state index contributed by atoms with van der Waals surface area (Å²) in [6.45, 7) is 0.239. The molecule has 0 aromatic carbocycles. The van der Waals surface area contributed by atoms with Crippen LogP contribution in [0.25, 0.3) is 0 Å². The minimum atomic E-state index is 0. The summed E-state index contributed by atoms with van der Waals surface area (Å²) >= 11 is 3.05. The zero-order valence-electron chi connectivity index (χ0n) is 1.84. The third-order valence-corrected chi connectivity index (χ3v) is 0.129. The maximum atomic E-state index is 8.88. The molecule has 0 bridgehead atoms. The molecule has 0 aliphatic heterocycles. The average Bonchev–Trinajstić information content (AvgIpc) is 1.37. The maximum absolute atomic E-state index is 8.88. The first-order chi connectivity index (χ1) is 1.91. The Labute approximate surface area is 57.8 Å². The molecular weight excluding hydrogens is 99.1 g/mol. The van der Waals surface area contributed by atoms with Gasteiger partial charge in [-0.3, -0.25) is 4.79 Å². The van der Waals surface area contributed by atoms with Crippen molar-refractivity contribution in [1.82, 2.24) is 0 Å². The standard InChI is InChI=1S/CH2O2S.Na.H/c2-1-3-4;;/h1,4H;;. The fourth-order valence-electron chi connectivity index (χ4n) is 0. The third kappa shape index (κ3) is 11.6. The van der Waals surface area contributed by atoms with Crippen molar-refractivity contribution in [2.24, 2.45) is 0 Å².